The van der Waals surface area contributed by atoms with Gasteiger partial charge in [-0.25, -0.2) is 0 Å². The average Bonchev–Trinajstić information content (AvgIpc) is 2.98. The first-order chi connectivity index (χ1) is 9.74. The monoisotopic (exact) mass is 265 g/mol. The van der Waals surface area contributed by atoms with E-state index in [0.29, 0.717) is 0 Å². The van der Waals surface area contributed by atoms with Gasteiger partial charge in [-0.15, -0.1) is 0 Å². The zero-order valence-corrected chi connectivity index (χ0v) is 11.6. The predicted octanol–water partition coefficient (Wildman–Crippen LogP) is 1.43. The molecule has 100 valence electrons. The number of hydrogen-bond donors (Lipinski definition) is 1. The van der Waals surface area contributed by atoms with Gasteiger partial charge in [0, 0.05) is 25.3 Å². The maximum absolute atomic E-state index is 5.52. The Balaban J connectivity index is 1.81. The van der Waals surface area contributed by atoms with Crippen molar-refractivity contribution in [2.24, 2.45) is 4.90 Å². The summed E-state index contributed by atoms with van der Waals surface area (Å²) in [6.45, 7) is 0. The lowest BCUT2D eigenvalue weighted by Crippen LogP contribution is -2.31. The average molecular weight is 265 g/mol. The van der Waals surface area contributed by atoms with E-state index in [1.807, 2.05) is 56.6 Å². The summed E-state index contributed by atoms with van der Waals surface area (Å²) in [6, 6.07) is 18.2. The number of hydrogen-bond acceptors (Lipinski definition) is 4. The standard InChI is InChI=1S/C15H16BN3O/c1-19(2)14-10-8-12(9-11-14)15-17-16(20-18-15)13-6-4-3-5-7-13/h3-11H,1-2H3,(H,17,18). The number of benzene rings is 2. The fraction of sp³-hybridized carbons (Fsp3) is 0.133. The van der Waals surface area contributed by atoms with Crippen molar-refractivity contribution >= 4 is 24.0 Å². The quantitative estimate of drug-likeness (QED) is 0.853. The van der Waals surface area contributed by atoms with Crippen molar-refractivity contribution in [3.8, 4) is 0 Å². The number of amidine groups is 1. The van der Waals surface area contributed by atoms with Crippen molar-refractivity contribution < 1.29 is 4.76 Å². The normalized spacial score (nSPS) is 13.9. The van der Waals surface area contributed by atoms with E-state index < -0.39 is 0 Å². The molecule has 3 rings (SSSR count). The molecule has 0 spiro atoms. The van der Waals surface area contributed by atoms with Gasteiger partial charge < -0.3 is 4.90 Å². The summed E-state index contributed by atoms with van der Waals surface area (Å²) in [5.41, 5.74) is 6.13. The molecule has 0 radical (unpaired) electrons. The lowest BCUT2D eigenvalue weighted by atomic mass is 9.75. The first kappa shape index (κ1) is 12.8. The van der Waals surface area contributed by atoms with Gasteiger partial charge in [0.05, 0.1) is 0 Å². The van der Waals surface area contributed by atoms with E-state index in [-0.39, 0.29) is 7.05 Å². The van der Waals surface area contributed by atoms with Crippen LogP contribution in [0.15, 0.2) is 59.5 Å². The molecule has 0 amide bonds. The van der Waals surface area contributed by atoms with Crippen molar-refractivity contribution in [1.82, 2.24) is 5.48 Å². The van der Waals surface area contributed by atoms with Crippen molar-refractivity contribution in [3.05, 3.63) is 60.2 Å². The van der Waals surface area contributed by atoms with Crippen LogP contribution in [0, 0.1) is 0 Å². The number of anilines is 1. The van der Waals surface area contributed by atoms with Crippen LogP contribution in [0.4, 0.5) is 5.69 Å². The van der Waals surface area contributed by atoms with Crippen LogP contribution < -0.4 is 15.8 Å². The second-order valence-corrected chi connectivity index (χ2v) is 4.90. The van der Waals surface area contributed by atoms with Crippen LogP contribution in [0.5, 0.6) is 0 Å². The first-order valence-corrected chi connectivity index (χ1v) is 6.56. The molecule has 0 saturated heterocycles. The molecular formula is C15H16BN3O. The highest BCUT2D eigenvalue weighted by Gasteiger charge is 2.26. The third kappa shape index (κ3) is 2.53. The SMILES string of the molecule is CN(C)c1ccc(C2=NB(c3ccccc3)ON2)cc1. The third-order valence-electron chi connectivity index (χ3n) is 3.26. The van der Waals surface area contributed by atoms with Gasteiger partial charge in [-0.2, -0.15) is 0 Å². The molecular weight excluding hydrogens is 249 g/mol. The Bertz CT molecular complexity index is 611. The minimum atomic E-state index is -0.278. The van der Waals surface area contributed by atoms with Crippen LogP contribution in [0.1, 0.15) is 5.56 Å². The van der Waals surface area contributed by atoms with E-state index in [1.54, 1.807) is 0 Å². The van der Waals surface area contributed by atoms with E-state index in [9.17, 15) is 0 Å². The maximum atomic E-state index is 5.52. The third-order valence-corrected chi connectivity index (χ3v) is 3.26. The molecule has 0 fully saturated rings. The van der Waals surface area contributed by atoms with Gasteiger partial charge in [-0.05, 0) is 29.7 Å². The van der Waals surface area contributed by atoms with Crippen LogP contribution in [-0.4, -0.2) is 27.0 Å². The molecule has 20 heavy (non-hydrogen) atoms. The molecule has 0 bridgehead atoms. The van der Waals surface area contributed by atoms with Gasteiger partial charge in [-0.3, -0.25) is 15.1 Å². The summed E-state index contributed by atoms with van der Waals surface area (Å²) in [5, 5.41) is 0. The smallest absolute Gasteiger partial charge is 0.378 e. The minimum Gasteiger partial charge on any atom is -0.378 e. The fourth-order valence-electron chi connectivity index (χ4n) is 2.09. The molecule has 2 aromatic rings. The van der Waals surface area contributed by atoms with Crippen LogP contribution >= 0.6 is 0 Å². The molecule has 5 heteroatoms. The molecule has 0 aromatic heterocycles. The van der Waals surface area contributed by atoms with Gasteiger partial charge in [-0.1, -0.05) is 30.3 Å². The van der Waals surface area contributed by atoms with Crippen LogP contribution in [0.25, 0.3) is 0 Å². The molecule has 1 aliphatic rings. The maximum Gasteiger partial charge on any atom is 0.496 e. The summed E-state index contributed by atoms with van der Waals surface area (Å²) in [4.78, 5) is 6.64. The summed E-state index contributed by atoms with van der Waals surface area (Å²) < 4.78 is 5.52. The van der Waals surface area contributed by atoms with Gasteiger partial charge in [0.25, 0.3) is 0 Å². The molecule has 0 atom stereocenters. The van der Waals surface area contributed by atoms with E-state index in [4.69, 9.17) is 4.76 Å². The highest BCUT2D eigenvalue weighted by atomic mass is 16.6. The Kier molecular flexibility index (Phi) is 3.43. The summed E-state index contributed by atoms with van der Waals surface area (Å²) in [6.07, 6.45) is 0. The van der Waals surface area contributed by atoms with Crippen molar-refractivity contribution in [2.45, 2.75) is 0 Å². The zero-order chi connectivity index (χ0) is 13.9. The zero-order valence-electron chi connectivity index (χ0n) is 11.6. The largest absolute Gasteiger partial charge is 0.496 e. The van der Waals surface area contributed by atoms with Gasteiger partial charge in [0.2, 0.25) is 0 Å². The van der Waals surface area contributed by atoms with E-state index in [1.165, 1.54) is 0 Å². The molecule has 0 unspecified atom stereocenters. The van der Waals surface area contributed by atoms with Crippen LogP contribution in [-0.2, 0) is 4.76 Å². The van der Waals surface area contributed by atoms with E-state index in [0.717, 1.165) is 22.5 Å². The Morgan fingerprint density at radius 3 is 2.35 bits per heavy atom. The second kappa shape index (κ2) is 5.39. The van der Waals surface area contributed by atoms with E-state index >= 15 is 0 Å². The number of nitrogens with one attached hydrogen (secondary N) is 1. The first-order valence-electron chi connectivity index (χ1n) is 6.56. The van der Waals surface area contributed by atoms with Gasteiger partial charge in [0.15, 0.2) is 0 Å². The van der Waals surface area contributed by atoms with Gasteiger partial charge >= 0.3 is 7.05 Å². The van der Waals surface area contributed by atoms with Crippen molar-refractivity contribution in [2.75, 3.05) is 19.0 Å². The highest BCUT2D eigenvalue weighted by Crippen LogP contribution is 2.14. The highest BCUT2D eigenvalue weighted by molar-refractivity contribution is 6.68. The Labute approximate surface area is 119 Å². The lowest BCUT2D eigenvalue weighted by molar-refractivity contribution is 0.284. The minimum absolute atomic E-state index is 0.278. The molecule has 1 aliphatic heterocycles. The predicted molar refractivity (Wildman–Crippen MR) is 83.4 cm³/mol. The lowest BCUT2D eigenvalue weighted by Gasteiger charge is -2.12. The van der Waals surface area contributed by atoms with Crippen molar-refractivity contribution in [1.29, 1.82) is 0 Å². The molecule has 1 N–H and O–H groups in total. The summed E-state index contributed by atoms with van der Waals surface area (Å²) in [7, 11) is 3.77. The second-order valence-electron chi connectivity index (χ2n) is 4.90. The Morgan fingerprint density at radius 1 is 1.00 bits per heavy atom. The molecule has 0 aliphatic carbocycles. The van der Waals surface area contributed by atoms with Crippen molar-refractivity contribution in [3.63, 3.8) is 0 Å². The summed E-state index contributed by atoms with van der Waals surface area (Å²) in [5.74, 6) is 0.768. The molecule has 0 saturated carbocycles. The number of nitrogens with zero attached hydrogens (tertiary/aromatic N) is 2. The molecule has 2 aromatic carbocycles. The fourth-order valence-corrected chi connectivity index (χ4v) is 2.09. The number of hydroxylamine groups is 1. The number of rotatable bonds is 3. The Morgan fingerprint density at radius 2 is 1.70 bits per heavy atom. The molecule has 1 heterocycles. The summed E-state index contributed by atoms with van der Waals surface area (Å²) >= 11 is 0. The molecule has 4 nitrogen and oxygen atoms in total. The van der Waals surface area contributed by atoms with Crippen LogP contribution in [0.3, 0.4) is 0 Å². The topological polar surface area (TPSA) is 36.9 Å². The van der Waals surface area contributed by atoms with Crippen LogP contribution in [0.2, 0.25) is 0 Å². The van der Waals surface area contributed by atoms with E-state index in [2.05, 4.69) is 27.4 Å². The Hall–Kier alpha value is -2.27. The van der Waals surface area contributed by atoms with Gasteiger partial charge in [0.1, 0.15) is 5.84 Å².